The van der Waals surface area contributed by atoms with Crippen LogP contribution in [0.15, 0.2) is 225 Å². The molecular formula is C58H48S. The summed E-state index contributed by atoms with van der Waals surface area (Å²) in [5.41, 5.74) is 15.0. The summed E-state index contributed by atoms with van der Waals surface area (Å²) in [7, 11) is -1.79. The monoisotopic (exact) mass is 776 g/mol. The minimum Gasteiger partial charge on any atom is -0.133 e. The van der Waals surface area contributed by atoms with Gasteiger partial charge in [0.05, 0.1) is 0 Å². The molecule has 0 N–H and O–H groups in total. The lowest BCUT2D eigenvalue weighted by atomic mass is 9.68. The zero-order valence-corrected chi connectivity index (χ0v) is 35.1. The van der Waals surface area contributed by atoms with Gasteiger partial charge in [-0.2, -0.15) is 0 Å². The van der Waals surface area contributed by atoms with Crippen LogP contribution in [0.2, 0.25) is 0 Å². The zero-order chi connectivity index (χ0) is 39.9. The first-order valence-electron chi connectivity index (χ1n) is 21.1. The molecule has 0 amide bonds. The molecule has 3 aliphatic carbocycles. The second-order valence-corrected chi connectivity index (χ2v) is 20.7. The molecule has 0 saturated heterocycles. The summed E-state index contributed by atoms with van der Waals surface area (Å²) >= 11 is 0. The third-order valence-corrected chi connectivity index (χ3v) is 17.7. The van der Waals surface area contributed by atoms with Crippen LogP contribution in [0, 0.1) is 0 Å². The smallest absolute Gasteiger partial charge is 0.0159 e. The fourth-order valence-corrected chi connectivity index (χ4v) is 14.9. The largest absolute Gasteiger partial charge is 0.133 e. The van der Waals surface area contributed by atoms with Crippen molar-refractivity contribution < 1.29 is 0 Å². The number of hydrogen-bond donors (Lipinski definition) is 0. The van der Waals surface area contributed by atoms with Gasteiger partial charge in [-0.3, -0.25) is 0 Å². The van der Waals surface area contributed by atoms with Gasteiger partial charge in [0.15, 0.2) is 0 Å². The van der Waals surface area contributed by atoms with Crippen LogP contribution in [0.3, 0.4) is 0 Å². The molecule has 0 aliphatic heterocycles. The molecule has 0 saturated carbocycles. The topological polar surface area (TPSA) is 0 Å². The molecule has 0 heterocycles. The second kappa shape index (κ2) is 13.4. The van der Waals surface area contributed by atoms with Crippen molar-refractivity contribution in [3.63, 3.8) is 0 Å². The highest BCUT2D eigenvalue weighted by Gasteiger charge is 2.44. The molecule has 8 aromatic rings. The summed E-state index contributed by atoms with van der Waals surface area (Å²) in [4.78, 5) is 5.44. The number of fused-ring (bicyclic) bond motifs is 4. The zero-order valence-electron chi connectivity index (χ0n) is 34.2. The van der Waals surface area contributed by atoms with Gasteiger partial charge in [0.1, 0.15) is 0 Å². The Morgan fingerprint density at radius 3 is 1.68 bits per heavy atom. The Morgan fingerprint density at radius 2 is 1.02 bits per heavy atom. The van der Waals surface area contributed by atoms with Gasteiger partial charge in [0, 0.05) is 36.3 Å². The van der Waals surface area contributed by atoms with Crippen LogP contribution >= 0.6 is 10.0 Å². The maximum atomic E-state index is 2.58. The predicted molar refractivity (Wildman–Crippen MR) is 250 cm³/mol. The van der Waals surface area contributed by atoms with Gasteiger partial charge in [-0.05, 0) is 127 Å². The molecule has 1 atom stereocenters. The van der Waals surface area contributed by atoms with Crippen LogP contribution < -0.4 is 0 Å². The first-order valence-corrected chi connectivity index (χ1v) is 22.7. The molecule has 0 nitrogen and oxygen atoms in total. The normalized spacial score (nSPS) is 17.3. The Balaban J connectivity index is 0.997. The lowest BCUT2D eigenvalue weighted by molar-refractivity contribution is 0.572. The molecule has 1 unspecified atom stereocenters. The van der Waals surface area contributed by atoms with Crippen molar-refractivity contribution in [2.24, 2.45) is 0 Å². The van der Waals surface area contributed by atoms with E-state index in [9.17, 15) is 0 Å². The van der Waals surface area contributed by atoms with E-state index in [0.717, 1.165) is 6.42 Å². The van der Waals surface area contributed by atoms with E-state index in [-0.39, 0.29) is 10.8 Å². The second-order valence-electron chi connectivity index (χ2n) is 17.6. The average molecular weight is 777 g/mol. The molecule has 59 heavy (non-hydrogen) atoms. The van der Waals surface area contributed by atoms with Crippen molar-refractivity contribution >= 4 is 26.4 Å². The molecule has 0 fully saturated rings. The van der Waals surface area contributed by atoms with Crippen molar-refractivity contribution in [3.05, 3.63) is 234 Å². The summed E-state index contributed by atoms with van der Waals surface area (Å²) in [6.07, 6.45) is 5.83. The van der Waals surface area contributed by atoms with Crippen molar-refractivity contribution in [2.45, 2.75) is 70.4 Å². The minimum absolute atomic E-state index is 0.0641. The maximum absolute atomic E-state index is 2.58. The summed E-state index contributed by atoms with van der Waals surface area (Å²) in [5.74, 6) is 0.304. The Hall–Kier alpha value is -6.15. The molecule has 0 spiro atoms. The van der Waals surface area contributed by atoms with E-state index in [1.54, 1.807) is 5.57 Å². The molecular weight excluding hydrogens is 729 g/mol. The van der Waals surface area contributed by atoms with E-state index in [1.165, 1.54) is 86.0 Å². The summed E-state index contributed by atoms with van der Waals surface area (Å²) < 4.78 is 0. The maximum Gasteiger partial charge on any atom is 0.0159 e. The number of allylic oxidation sites excluding steroid dienone is 4. The summed E-state index contributed by atoms with van der Waals surface area (Å²) in [6, 6.07) is 71.3. The molecule has 286 valence electrons. The van der Waals surface area contributed by atoms with Gasteiger partial charge in [-0.25, -0.2) is 0 Å². The van der Waals surface area contributed by atoms with Crippen molar-refractivity contribution in [3.8, 4) is 22.3 Å². The first kappa shape index (κ1) is 36.0. The number of benzene rings is 8. The van der Waals surface area contributed by atoms with E-state index >= 15 is 0 Å². The molecule has 11 rings (SSSR count). The molecule has 3 aliphatic rings. The summed E-state index contributed by atoms with van der Waals surface area (Å²) in [5, 5.41) is 2.73. The van der Waals surface area contributed by atoms with Gasteiger partial charge in [0.2, 0.25) is 0 Å². The van der Waals surface area contributed by atoms with Gasteiger partial charge in [-0.15, -0.1) is 10.0 Å². The van der Waals surface area contributed by atoms with E-state index in [1.807, 2.05) is 0 Å². The van der Waals surface area contributed by atoms with Crippen molar-refractivity contribution in [1.82, 2.24) is 0 Å². The van der Waals surface area contributed by atoms with E-state index in [4.69, 9.17) is 0 Å². The average Bonchev–Trinajstić information content (AvgIpc) is 3.52. The highest BCUT2D eigenvalue weighted by atomic mass is 32.3. The fourth-order valence-electron chi connectivity index (χ4n) is 11.0. The third-order valence-electron chi connectivity index (χ3n) is 13.8. The lowest BCUT2D eigenvalue weighted by Gasteiger charge is -2.42. The van der Waals surface area contributed by atoms with Crippen LogP contribution in [0.5, 0.6) is 0 Å². The Morgan fingerprint density at radius 1 is 0.441 bits per heavy atom. The van der Waals surface area contributed by atoms with E-state index in [2.05, 4.69) is 228 Å². The lowest BCUT2D eigenvalue weighted by Crippen LogP contribution is -2.23. The SMILES string of the molecule is CC1(C)C2=C(C=CCC2c2ccc(-c3ccc4c5c(cccc35)C(C)(C)c3ccccc3-4)cc2)c2ccc(S(c3ccccc3)(c3ccccc3)c3ccccc3)cc21. The highest BCUT2D eigenvalue weighted by molar-refractivity contribution is 8.34. The third kappa shape index (κ3) is 5.24. The summed E-state index contributed by atoms with van der Waals surface area (Å²) in [6.45, 7) is 9.70. The number of rotatable bonds is 6. The highest BCUT2D eigenvalue weighted by Crippen LogP contribution is 2.74. The predicted octanol–water partition coefficient (Wildman–Crippen LogP) is 15.9. The Labute approximate surface area is 350 Å². The first-order chi connectivity index (χ1) is 28.8. The van der Waals surface area contributed by atoms with Crippen LogP contribution in [0.4, 0.5) is 0 Å². The van der Waals surface area contributed by atoms with Gasteiger partial charge in [-0.1, -0.05) is 179 Å². The van der Waals surface area contributed by atoms with Gasteiger partial charge in [0.25, 0.3) is 0 Å². The molecule has 1 heteroatoms. The quantitative estimate of drug-likeness (QED) is 0.158. The standard InChI is InChI=1S/C58H48S/c1-57(2)52-28-15-14-24-47(52)50-37-36-45(49-26-17-29-53(57)55(49)50)39-30-32-40(33-31-39)46-25-16-27-51-48-35-34-44(38-54(48)58(3,4)56(46)51)59(41-18-8-5-9-19-41,42-20-10-6-11-21-42)43-22-12-7-13-23-43/h5-24,26-38,46H,25H2,1-4H3. The molecule has 8 aromatic carbocycles. The molecule has 0 aromatic heterocycles. The Bertz CT molecular complexity index is 2890. The van der Waals surface area contributed by atoms with Gasteiger partial charge >= 0.3 is 0 Å². The van der Waals surface area contributed by atoms with Crippen molar-refractivity contribution in [1.29, 1.82) is 0 Å². The molecule has 0 radical (unpaired) electrons. The van der Waals surface area contributed by atoms with Gasteiger partial charge < -0.3 is 0 Å². The minimum atomic E-state index is -1.79. The fraction of sp³-hybridized carbons (Fsp3) is 0.138. The molecule has 0 bridgehead atoms. The van der Waals surface area contributed by atoms with Crippen LogP contribution in [-0.4, -0.2) is 0 Å². The van der Waals surface area contributed by atoms with Crippen LogP contribution in [-0.2, 0) is 10.8 Å². The van der Waals surface area contributed by atoms with Crippen LogP contribution in [0.1, 0.15) is 67.9 Å². The number of hydrogen-bond acceptors (Lipinski definition) is 0. The van der Waals surface area contributed by atoms with E-state index < -0.39 is 10.0 Å². The van der Waals surface area contributed by atoms with Crippen molar-refractivity contribution in [2.75, 3.05) is 0 Å². The van der Waals surface area contributed by atoms with Crippen LogP contribution in [0.25, 0.3) is 38.6 Å². The Kier molecular flexibility index (Phi) is 8.20. The van der Waals surface area contributed by atoms with E-state index in [0.29, 0.717) is 5.92 Å².